The molecule has 1 fully saturated rings. The molecule has 1 amide bonds. The van der Waals surface area contributed by atoms with Crippen LogP contribution in [-0.2, 0) is 4.79 Å². The fourth-order valence-electron chi connectivity index (χ4n) is 2.90. The van der Waals surface area contributed by atoms with Crippen LogP contribution in [0.1, 0.15) is 13.0 Å². The van der Waals surface area contributed by atoms with E-state index in [1.54, 1.807) is 36.1 Å². The summed E-state index contributed by atoms with van der Waals surface area (Å²) in [6, 6.07) is 8.90. The average molecular weight is 330 g/mol. The molecule has 0 N–H and O–H groups in total. The third kappa shape index (κ3) is 3.15. The van der Waals surface area contributed by atoms with Gasteiger partial charge in [-0.2, -0.15) is 5.10 Å². The standard InChI is InChI=1S/C17H19FN4O2/c1-13(22-16(23)7-4-8-19-22)17(24)21-11-9-20(10-12-21)15-6-3-2-5-14(15)18/h2-8,13H,9-12H2,1H3. The summed E-state index contributed by atoms with van der Waals surface area (Å²) in [5, 5.41) is 3.96. The Bertz CT molecular complexity index is 784. The Balaban J connectivity index is 1.66. The first kappa shape index (κ1) is 16.2. The molecule has 0 spiro atoms. The van der Waals surface area contributed by atoms with E-state index in [1.165, 1.54) is 23.0 Å². The first-order valence-corrected chi connectivity index (χ1v) is 7.90. The Morgan fingerprint density at radius 1 is 1.12 bits per heavy atom. The minimum atomic E-state index is -0.654. The van der Waals surface area contributed by atoms with Crippen LogP contribution in [0.5, 0.6) is 0 Å². The summed E-state index contributed by atoms with van der Waals surface area (Å²) < 4.78 is 15.0. The third-order valence-corrected chi connectivity index (χ3v) is 4.25. The number of amides is 1. The molecule has 1 aromatic carbocycles. The number of aromatic nitrogens is 2. The topological polar surface area (TPSA) is 58.4 Å². The number of piperazine rings is 1. The van der Waals surface area contributed by atoms with E-state index in [9.17, 15) is 14.0 Å². The van der Waals surface area contributed by atoms with Crippen LogP contribution in [0.2, 0.25) is 0 Å². The SMILES string of the molecule is CC(C(=O)N1CCN(c2ccccc2F)CC1)n1ncccc1=O. The summed E-state index contributed by atoms with van der Waals surface area (Å²) in [5.41, 5.74) is 0.252. The van der Waals surface area contributed by atoms with E-state index in [0.29, 0.717) is 31.9 Å². The Kier molecular flexibility index (Phi) is 4.59. The smallest absolute Gasteiger partial charge is 0.267 e. The van der Waals surface area contributed by atoms with Gasteiger partial charge in [-0.05, 0) is 25.1 Å². The molecule has 126 valence electrons. The van der Waals surface area contributed by atoms with Gasteiger partial charge in [0, 0.05) is 38.4 Å². The normalized spacial score (nSPS) is 16.1. The molecule has 7 heteroatoms. The molecule has 1 unspecified atom stereocenters. The summed E-state index contributed by atoms with van der Waals surface area (Å²) in [7, 11) is 0. The van der Waals surface area contributed by atoms with Crippen molar-refractivity contribution in [2.45, 2.75) is 13.0 Å². The zero-order chi connectivity index (χ0) is 17.1. The highest BCUT2D eigenvalue weighted by Gasteiger charge is 2.27. The van der Waals surface area contributed by atoms with Gasteiger partial charge >= 0.3 is 0 Å². The second kappa shape index (κ2) is 6.82. The van der Waals surface area contributed by atoms with Crippen LogP contribution in [0.15, 0.2) is 47.4 Å². The molecule has 1 aromatic heterocycles. The van der Waals surface area contributed by atoms with Gasteiger partial charge in [0.25, 0.3) is 5.56 Å². The number of rotatable bonds is 3. The van der Waals surface area contributed by atoms with Crippen molar-refractivity contribution < 1.29 is 9.18 Å². The number of anilines is 1. The molecule has 24 heavy (non-hydrogen) atoms. The number of nitrogens with zero attached hydrogens (tertiary/aromatic N) is 4. The Labute approximate surface area is 139 Å². The van der Waals surface area contributed by atoms with E-state index in [4.69, 9.17) is 0 Å². The second-order valence-electron chi connectivity index (χ2n) is 5.75. The van der Waals surface area contributed by atoms with E-state index >= 15 is 0 Å². The molecule has 0 saturated carbocycles. The predicted octanol–water partition coefficient (Wildman–Crippen LogP) is 1.29. The van der Waals surface area contributed by atoms with Crippen LogP contribution >= 0.6 is 0 Å². The summed E-state index contributed by atoms with van der Waals surface area (Å²) in [5.74, 6) is -0.408. The molecular weight excluding hydrogens is 311 g/mol. The lowest BCUT2D eigenvalue weighted by Gasteiger charge is -2.37. The molecule has 0 radical (unpaired) electrons. The first-order chi connectivity index (χ1) is 11.6. The highest BCUT2D eigenvalue weighted by atomic mass is 19.1. The van der Waals surface area contributed by atoms with Gasteiger partial charge in [0.15, 0.2) is 0 Å². The molecular formula is C17H19FN4O2. The zero-order valence-electron chi connectivity index (χ0n) is 13.4. The monoisotopic (exact) mass is 330 g/mol. The molecule has 6 nitrogen and oxygen atoms in total. The quantitative estimate of drug-likeness (QED) is 0.851. The van der Waals surface area contributed by atoms with Crippen LogP contribution in [0.25, 0.3) is 0 Å². The number of benzene rings is 1. The second-order valence-corrected chi connectivity index (χ2v) is 5.75. The van der Waals surface area contributed by atoms with Crippen molar-refractivity contribution in [3.05, 3.63) is 58.8 Å². The lowest BCUT2D eigenvalue weighted by Crippen LogP contribution is -2.51. The lowest BCUT2D eigenvalue weighted by molar-refractivity contribution is -0.135. The fourth-order valence-corrected chi connectivity index (χ4v) is 2.90. The van der Waals surface area contributed by atoms with Gasteiger partial charge in [0.1, 0.15) is 11.9 Å². The maximum Gasteiger partial charge on any atom is 0.267 e. The molecule has 2 aromatic rings. The Morgan fingerprint density at radius 2 is 1.83 bits per heavy atom. The van der Waals surface area contributed by atoms with E-state index in [1.807, 2.05) is 4.90 Å². The molecule has 1 saturated heterocycles. The van der Waals surface area contributed by atoms with Crippen molar-refractivity contribution >= 4 is 11.6 Å². The number of carbonyl (C=O) groups is 1. The fraction of sp³-hybridized carbons (Fsp3) is 0.353. The Hall–Kier alpha value is -2.70. The molecule has 0 aliphatic carbocycles. The number of carbonyl (C=O) groups excluding carboxylic acids is 1. The van der Waals surface area contributed by atoms with E-state index in [2.05, 4.69) is 5.10 Å². The molecule has 1 atom stereocenters. The largest absolute Gasteiger partial charge is 0.366 e. The van der Waals surface area contributed by atoms with Crippen molar-refractivity contribution in [3.63, 3.8) is 0 Å². The minimum Gasteiger partial charge on any atom is -0.366 e. The van der Waals surface area contributed by atoms with Gasteiger partial charge in [-0.3, -0.25) is 9.59 Å². The van der Waals surface area contributed by atoms with Crippen LogP contribution in [-0.4, -0.2) is 46.8 Å². The maximum atomic E-state index is 13.9. The molecule has 1 aliphatic rings. The van der Waals surface area contributed by atoms with Gasteiger partial charge in [-0.1, -0.05) is 12.1 Å². The van der Waals surface area contributed by atoms with E-state index < -0.39 is 6.04 Å². The minimum absolute atomic E-state index is 0.149. The van der Waals surface area contributed by atoms with Crippen LogP contribution < -0.4 is 10.5 Å². The van der Waals surface area contributed by atoms with Crippen LogP contribution in [0, 0.1) is 5.82 Å². The summed E-state index contributed by atoms with van der Waals surface area (Å²) in [6.07, 6.45) is 1.49. The molecule has 3 rings (SSSR count). The predicted molar refractivity (Wildman–Crippen MR) is 88.4 cm³/mol. The van der Waals surface area contributed by atoms with E-state index in [0.717, 1.165) is 0 Å². The number of para-hydroxylation sites is 1. The van der Waals surface area contributed by atoms with Gasteiger partial charge in [0.05, 0.1) is 5.69 Å². The molecule has 0 bridgehead atoms. The first-order valence-electron chi connectivity index (χ1n) is 7.90. The number of hydrogen-bond donors (Lipinski definition) is 0. The van der Waals surface area contributed by atoms with Gasteiger partial charge in [-0.15, -0.1) is 0 Å². The summed E-state index contributed by atoms with van der Waals surface area (Å²) in [6.45, 7) is 3.74. The maximum absolute atomic E-state index is 13.9. The van der Waals surface area contributed by atoms with Crippen molar-refractivity contribution in [1.29, 1.82) is 0 Å². The highest BCUT2D eigenvalue weighted by molar-refractivity contribution is 5.80. The highest BCUT2D eigenvalue weighted by Crippen LogP contribution is 2.20. The number of halogens is 1. The zero-order valence-corrected chi connectivity index (χ0v) is 13.4. The average Bonchev–Trinajstić information content (AvgIpc) is 2.61. The third-order valence-electron chi connectivity index (χ3n) is 4.25. The Morgan fingerprint density at radius 3 is 2.50 bits per heavy atom. The lowest BCUT2D eigenvalue weighted by atomic mass is 10.2. The van der Waals surface area contributed by atoms with Crippen LogP contribution in [0.3, 0.4) is 0 Å². The van der Waals surface area contributed by atoms with Crippen molar-refractivity contribution in [2.24, 2.45) is 0 Å². The van der Waals surface area contributed by atoms with Gasteiger partial charge < -0.3 is 9.80 Å². The van der Waals surface area contributed by atoms with E-state index in [-0.39, 0.29) is 17.3 Å². The van der Waals surface area contributed by atoms with Gasteiger partial charge in [0.2, 0.25) is 5.91 Å². The molecule has 1 aliphatic heterocycles. The van der Waals surface area contributed by atoms with Crippen molar-refractivity contribution in [2.75, 3.05) is 31.1 Å². The number of hydrogen-bond acceptors (Lipinski definition) is 4. The van der Waals surface area contributed by atoms with Crippen LogP contribution in [0.4, 0.5) is 10.1 Å². The van der Waals surface area contributed by atoms with Gasteiger partial charge in [-0.25, -0.2) is 9.07 Å². The summed E-state index contributed by atoms with van der Waals surface area (Å²) in [4.78, 5) is 28.0. The summed E-state index contributed by atoms with van der Waals surface area (Å²) >= 11 is 0. The van der Waals surface area contributed by atoms with Crippen molar-refractivity contribution in [1.82, 2.24) is 14.7 Å². The molecule has 2 heterocycles. The van der Waals surface area contributed by atoms with Crippen molar-refractivity contribution in [3.8, 4) is 0 Å².